The lowest BCUT2D eigenvalue weighted by Gasteiger charge is -2.11. The SMILES string of the molecule is COc1cc(C(C)=NNC(=O)C(=O)Nc2cccc(C(F)(F)F)c2)ccc1OCC(N)=O. The summed E-state index contributed by atoms with van der Waals surface area (Å²) in [4.78, 5) is 34.7. The third-order valence-electron chi connectivity index (χ3n) is 3.93. The number of methoxy groups -OCH3 is 1. The predicted molar refractivity (Wildman–Crippen MR) is 108 cm³/mol. The first-order valence-corrected chi connectivity index (χ1v) is 8.93. The number of carbonyl (C=O) groups excluding carboxylic acids is 3. The monoisotopic (exact) mass is 452 g/mol. The maximum absolute atomic E-state index is 12.7. The molecular formula is C20H19F3N4O5. The van der Waals surface area contributed by atoms with Gasteiger partial charge < -0.3 is 20.5 Å². The van der Waals surface area contributed by atoms with Crippen molar-refractivity contribution in [1.29, 1.82) is 0 Å². The molecule has 0 unspecified atom stereocenters. The van der Waals surface area contributed by atoms with E-state index in [0.29, 0.717) is 11.6 Å². The Kier molecular flexibility index (Phi) is 7.77. The Bertz CT molecular complexity index is 1050. The fourth-order valence-electron chi connectivity index (χ4n) is 2.37. The summed E-state index contributed by atoms with van der Waals surface area (Å²) in [5.41, 5.74) is 6.66. The zero-order valence-electron chi connectivity index (χ0n) is 16.9. The Labute approximate surface area is 180 Å². The van der Waals surface area contributed by atoms with Crippen LogP contribution in [0.5, 0.6) is 11.5 Å². The van der Waals surface area contributed by atoms with Crippen LogP contribution in [0.25, 0.3) is 0 Å². The minimum Gasteiger partial charge on any atom is -0.493 e. The van der Waals surface area contributed by atoms with E-state index in [2.05, 4.69) is 10.4 Å². The number of hydrazone groups is 1. The Morgan fingerprint density at radius 3 is 2.41 bits per heavy atom. The summed E-state index contributed by atoms with van der Waals surface area (Å²) in [6, 6.07) is 8.43. The molecule has 9 nitrogen and oxygen atoms in total. The normalized spacial score (nSPS) is 11.5. The van der Waals surface area contributed by atoms with Gasteiger partial charge in [0.15, 0.2) is 18.1 Å². The molecule has 12 heteroatoms. The molecule has 4 N–H and O–H groups in total. The molecule has 170 valence electrons. The number of nitrogens with one attached hydrogen (secondary N) is 2. The Morgan fingerprint density at radius 2 is 1.78 bits per heavy atom. The number of amides is 3. The highest BCUT2D eigenvalue weighted by Crippen LogP contribution is 2.30. The van der Waals surface area contributed by atoms with Crippen molar-refractivity contribution in [3.8, 4) is 11.5 Å². The molecule has 3 amide bonds. The summed E-state index contributed by atoms with van der Waals surface area (Å²) in [5, 5.41) is 5.87. The Morgan fingerprint density at radius 1 is 1.06 bits per heavy atom. The second-order valence-electron chi connectivity index (χ2n) is 6.29. The van der Waals surface area contributed by atoms with E-state index in [1.54, 1.807) is 6.07 Å². The van der Waals surface area contributed by atoms with E-state index in [4.69, 9.17) is 15.2 Å². The molecule has 0 radical (unpaired) electrons. The summed E-state index contributed by atoms with van der Waals surface area (Å²) >= 11 is 0. The van der Waals surface area contributed by atoms with E-state index in [1.807, 2.05) is 5.43 Å². The number of hydrogen-bond donors (Lipinski definition) is 3. The van der Waals surface area contributed by atoms with E-state index in [0.717, 1.165) is 12.1 Å². The van der Waals surface area contributed by atoms with Crippen LogP contribution in [0.3, 0.4) is 0 Å². The van der Waals surface area contributed by atoms with Gasteiger partial charge in [-0.05, 0) is 43.3 Å². The van der Waals surface area contributed by atoms with Gasteiger partial charge >= 0.3 is 18.0 Å². The van der Waals surface area contributed by atoms with Gasteiger partial charge in [0.2, 0.25) is 0 Å². The predicted octanol–water partition coefficient (Wildman–Crippen LogP) is 2.06. The molecule has 0 aliphatic rings. The average molecular weight is 452 g/mol. The second kappa shape index (κ2) is 10.3. The third kappa shape index (κ3) is 6.72. The second-order valence-corrected chi connectivity index (χ2v) is 6.29. The molecule has 0 aliphatic carbocycles. The maximum Gasteiger partial charge on any atom is 0.416 e. The largest absolute Gasteiger partial charge is 0.493 e. The number of ether oxygens (including phenoxy) is 2. The quantitative estimate of drug-likeness (QED) is 0.336. The minimum atomic E-state index is -4.59. The van der Waals surface area contributed by atoms with Crippen molar-refractivity contribution in [3.05, 3.63) is 53.6 Å². The van der Waals surface area contributed by atoms with Crippen molar-refractivity contribution in [3.63, 3.8) is 0 Å². The molecule has 0 aromatic heterocycles. The van der Waals surface area contributed by atoms with Crippen LogP contribution in [0.15, 0.2) is 47.6 Å². The van der Waals surface area contributed by atoms with Crippen LogP contribution in [-0.4, -0.2) is 37.1 Å². The molecule has 0 spiro atoms. The number of hydrogen-bond acceptors (Lipinski definition) is 6. The van der Waals surface area contributed by atoms with Crippen LogP contribution in [0.4, 0.5) is 18.9 Å². The Balaban J connectivity index is 2.05. The molecule has 2 aromatic carbocycles. The van der Waals surface area contributed by atoms with Crippen LogP contribution >= 0.6 is 0 Å². The van der Waals surface area contributed by atoms with Gasteiger partial charge in [-0.2, -0.15) is 18.3 Å². The number of primary amides is 1. The lowest BCUT2D eigenvalue weighted by molar-refractivity contribution is -0.137. The lowest BCUT2D eigenvalue weighted by Crippen LogP contribution is -2.33. The number of nitrogens with zero attached hydrogens (tertiary/aromatic N) is 1. The van der Waals surface area contributed by atoms with Crippen LogP contribution in [0.2, 0.25) is 0 Å². The molecular weight excluding hydrogens is 433 g/mol. The molecule has 0 heterocycles. The molecule has 0 fully saturated rings. The summed E-state index contributed by atoms with van der Waals surface area (Å²) in [6.45, 7) is 1.18. The first-order valence-electron chi connectivity index (χ1n) is 8.93. The highest BCUT2D eigenvalue weighted by molar-refractivity contribution is 6.39. The number of benzene rings is 2. The van der Waals surface area contributed by atoms with E-state index in [1.165, 1.54) is 32.2 Å². The summed E-state index contributed by atoms with van der Waals surface area (Å²) < 4.78 is 48.6. The van der Waals surface area contributed by atoms with Gasteiger partial charge in [-0.3, -0.25) is 14.4 Å². The number of anilines is 1. The molecule has 2 aromatic rings. The van der Waals surface area contributed by atoms with Crippen LogP contribution in [-0.2, 0) is 20.6 Å². The van der Waals surface area contributed by atoms with Crippen molar-refractivity contribution in [2.75, 3.05) is 19.0 Å². The number of carbonyl (C=O) groups is 3. The van der Waals surface area contributed by atoms with Gasteiger partial charge in [0.25, 0.3) is 5.91 Å². The highest BCUT2D eigenvalue weighted by Gasteiger charge is 2.30. The topological polar surface area (TPSA) is 132 Å². The van der Waals surface area contributed by atoms with E-state index >= 15 is 0 Å². The van der Waals surface area contributed by atoms with Crippen molar-refractivity contribution in [2.45, 2.75) is 13.1 Å². The third-order valence-corrected chi connectivity index (χ3v) is 3.93. The fourth-order valence-corrected chi connectivity index (χ4v) is 2.37. The Hall–Kier alpha value is -4.09. The van der Waals surface area contributed by atoms with E-state index in [9.17, 15) is 27.6 Å². The number of halogens is 3. The first kappa shape index (κ1) is 24.2. The molecule has 2 rings (SSSR count). The number of alkyl halides is 3. The summed E-state index contributed by atoms with van der Waals surface area (Å²) in [5.74, 6) is -2.52. The maximum atomic E-state index is 12.7. The zero-order chi connectivity index (χ0) is 23.9. The summed E-state index contributed by atoms with van der Waals surface area (Å²) in [7, 11) is 1.38. The van der Waals surface area contributed by atoms with E-state index < -0.39 is 29.5 Å². The van der Waals surface area contributed by atoms with Crippen LogP contribution in [0.1, 0.15) is 18.1 Å². The van der Waals surface area contributed by atoms with Gasteiger partial charge in [0, 0.05) is 11.3 Å². The highest BCUT2D eigenvalue weighted by atomic mass is 19.4. The number of rotatable bonds is 7. The van der Waals surface area contributed by atoms with Gasteiger partial charge in [-0.15, -0.1) is 0 Å². The molecule has 0 saturated heterocycles. The molecule has 0 atom stereocenters. The van der Waals surface area contributed by atoms with Gasteiger partial charge in [0.05, 0.1) is 18.4 Å². The van der Waals surface area contributed by atoms with Crippen molar-refractivity contribution in [2.24, 2.45) is 10.8 Å². The molecule has 0 aliphatic heterocycles. The fraction of sp³-hybridized carbons (Fsp3) is 0.200. The standard InChI is InChI=1S/C20H19F3N4O5/c1-11(12-6-7-15(16(8-12)31-2)32-10-17(24)28)26-27-19(30)18(29)25-14-5-3-4-13(9-14)20(21,22)23/h3-9H,10H2,1-2H3,(H2,24,28)(H,25,29)(H,27,30). The number of nitrogens with two attached hydrogens (primary N) is 1. The smallest absolute Gasteiger partial charge is 0.416 e. The minimum absolute atomic E-state index is 0.197. The van der Waals surface area contributed by atoms with Crippen molar-refractivity contribution in [1.82, 2.24) is 5.43 Å². The lowest BCUT2D eigenvalue weighted by atomic mass is 10.1. The van der Waals surface area contributed by atoms with E-state index in [-0.39, 0.29) is 29.5 Å². The average Bonchev–Trinajstić information content (AvgIpc) is 2.75. The zero-order valence-corrected chi connectivity index (χ0v) is 16.9. The van der Waals surface area contributed by atoms with Crippen LogP contribution in [0, 0.1) is 0 Å². The first-order chi connectivity index (χ1) is 15.0. The molecule has 0 saturated carbocycles. The van der Waals surface area contributed by atoms with Crippen LogP contribution < -0.4 is 25.9 Å². The molecule has 0 bridgehead atoms. The van der Waals surface area contributed by atoms with Gasteiger partial charge in [-0.25, -0.2) is 5.43 Å². The van der Waals surface area contributed by atoms with Gasteiger partial charge in [0.1, 0.15) is 0 Å². The van der Waals surface area contributed by atoms with Crippen molar-refractivity contribution < 1.29 is 37.0 Å². The van der Waals surface area contributed by atoms with Gasteiger partial charge in [-0.1, -0.05) is 6.07 Å². The molecule has 32 heavy (non-hydrogen) atoms. The van der Waals surface area contributed by atoms with Crippen molar-refractivity contribution >= 4 is 29.1 Å². The summed E-state index contributed by atoms with van der Waals surface area (Å²) in [6.07, 6.45) is -4.59.